The standard InChI is InChI=1S/C23H23ClN4O4/c1-13-5-6-16(11-20(13)25-15(3)29)19-8-10-22(30)28(27-19)14(2)23(31)26-17-7-9-21(32-4)18(24)12-17/h5-12,14H,1-4H3,(H,25,29)(H,26,31)/t14-/m0/s1. The Bertz CT molecular complexity index is 1240. The van der Waals surface area contributed by atoms with Gasteiger partial charge in [-0.15, -0.1) is 0 Å². The molecule has 2 aromatic carbocycles. The van der Waals surface area contributed by atoms with Crippen LogP contribution in [0.2, 0.25) is 5.02 Å². The van der Waals surface area contributed by atoms with Gasteiger partial charge in [0, 0.05) is 29.9 Å². The first-order valence-electron chi connectivity index (χ1n) is 9.82. The lowest BCUT2D eigenvalue weighted by molar-refractivity contribution is -0.119. The Balaban J connectivity index is 1.88. The molecule has 1 aromatic heterocycles. The highest BCUT2D eigenvalue weighted by molar-refractivity contribution is 6.32. The van der Waals surface area contributed by atoms with Crippen molar-refractivity contribution in [3.63, 3.8) is 0 Å². The van der Waals surface area contributed by atoms with Crippen LogP contribution >= 0.6 is 11.6 Å². The Morgan fingerprint density at radius 1 is 1.09 bits per heavy atom. The molecule has 3 rings (SSSR count). The SMILES string of the molecule is COc1ccc(NC(=O)[C@H](C)n2nc(-c3ccc(C)c(NC(C)=O)c3)ccc2=O)cc1Cl. The number of hydrogen-bond donors (Lipinski definition) is 2. The third kappa shape index (κ3) is 5.15. The van der Waals surface area contributed by atoms with Crippen molar-refractivity contribution >= 4 is 34.8 Å². The minimum atomic E-state index is -0.886. The van der Waals surface area contributed by atoms with Gasteiger partial charge in [-0.05, 0) is 49.7 Å². The van der Waals surface area contributed by atoms with Crippen LogP contribution in [0.25, 0.3) is 11.3 Å². The van der Waals surface area contributed by atoms with Gasteiger partial charge in [0.2, 0.25) is 11.8 Å². The Kier molecular flexibility index (Phi) is 6.95. The highest BCUT2D eigenvalue weighted by atomic mass is 35.5. The lowest BCUT2D eigenvalue weighted by atomic mass is 10.1. The van der Waals surface area contributed by atoms with Crippen LogP contribution in [-0.2, 0) is 9.59 Å². The fraction of sp³-hybridized carbons (Fsp3) is 0.217. The minimum absolute atomic E-state index is 0.188. The molecule has 0 spiro atoms. The Morgan fingerprint density at radius 3 is 2.50 bits per heavy atom. The maximum atomic E-state index is 12.8. The van der Waals surface area contributed by atoms with Crippen LogP contribution < -0.4 is 20.9 Å². The van der Waals surface area contributed by atoms with E-state index in [0.717, 1.165) is 10.2 Å². The van der Waals surface area contributed by atoms with Crippen molar-refractivity contribution in [2.24, 2.45) is 0 Å². The molecular weight excluding hydrogens is 432 g/mol. The predicted molar refractivity (Wildman–Crippen MR) is 124 cm³/mol. The minimum Gasteiger partial charge on any atom is -0.495 e. The molecule has 166 valence electrons. The number of nitrogens with zero attached hydrogens (tertiary/aromatic N) is 2. The maximum absolute atomic E-state index is 12.8. The van der Waals surface area contributed by atoms with Crippen molar-refractivity contribution < 1.29 is 14.3 Å². The molecule has 32 heavy (non-hydrogen) atoms. The van der Waals surface area contributed by atoms with Gasteiger partial charge in [0.15, 0.2) is 0 Å². The molecule has 0 unspecified atom stereocenters. The van der Waals surface area contributed by atoms with Crippen LogP contribution in [0, 0.1) is 6.92 Å². The number of ether oxygens (including phenoxy) is 1. The van der Waals surface area contributed by atoms with Crippen LogP contribution in [0.1, 0.15) is 25.5 Å². The number of methoxy groups -OCH3 is 1. The fourth-order valence-electron chi connectivity index (χ4n) is 3.06. The molecule has 3 aromatic rings. The van der Waals surface area contributed by atoms with E-state index >= 15 is 0 Å². The average Bonchev–Trinajstić information content (AvgIpc) is 2.75. The second kappa shape index (κ2) is 9.65. The smallest absolute Gasteiger partial charge is 0.267 e. The average molecular weight is 455 g/mol. The van der Waals surface area contributed by atoms with Crippen molar-refractivity contribution in [2.45, 2.75) is 26.8 Å². The number of anilines is 2. The zero-order chi connectivity index (χ0) is 23.4. The Labute approximate surface area is 190 Å². The number of carbonyl (C=O) groups is 2. The molecule has 0 radical (unpaired) electrons. The first kappa shape index (κ1) is 23.0. The summed E-state index contributed by atoms with van der Waals surface area (Å²) in [6.07, 6.45) is 0. The summed E-state index contributed by atoms with van der Waals surface area (Å²) >= 11 is 6.11. The second-order valence-corrected chi connectivity index (χ2v) is 7.63. The van der Waals surface area contributed by atoms with E-state index in [1.807, 2.05) is 19.1 Å². The van der Waals surface area contributed by atoms with E-state index < -0.39 is 17.5 Å². The summed E-state index contributed by atoms with van der Waals surface area (Å²) in [5.41, 5.74) is 2.78. The molecule has 2 amide bonds. The van der Waals surface area contributed by atoms with Gasteiger partial charge in [0.25, 0.3) is 5.56 Å². The molecule has 8 nitrogen and oxygen atoms in total. The molecule has 9 heteroatoms. The van der Waals surface area contributed by atoms with E-state index in [1.54, 1.807) is 37.3 Å². The van der Waals surface area contributed by atoms with Gasteiger partial charge in [0.1, 0.15) is 11.8 Å². The van der Waals surface area contributed by atoms with Gasteiger partial charge in [-0.1, -0.05) is 23.7 Å². The molecule has 0 saturated carbocycles. The summed E-state index contributed by atoms with van der Waals surface area (Å²) in [4.78, 5) is 36.6. The van der Waals surface area contributed by atoms with E-state index in [0.29, 0.717) is 33.4 Å². The van der Waals surface area contributed by atoms with E-state index in [4.69, 9.17) is 16.3 Å². The zero-order valence-corrected chi connectivity index (χ0v) is 18.9. The quantitative estimate of drug-likeness (QED) is 0.585. The number of aryl methyl sites for hydroxylation is 1. The van der Waals surface area contributed by atoms with Gasteiger partial charge in [-0.25, -0.2) is 4.68 Å². The van der Waals surface area contributed by atoms with E-state index in [1.165, 1.54) is 20.1 Å². The molecule has 0 aliphatic heterocycles. The third-order valence-electron chi connectivity index (χ3n) is 4.83. The first-order chi connectivity index (χ1) is 15.2. The van der Waals surface area contributed by atoms with E-state index in [9.17, 15) is 14.4 Å². The largest absolute Gasteiger partial charge is 0.495 e. The highest BCUT2D eigenvalue weighted by Gasteiger charge is 2.19. The van der Waals surface area contributed by atoms with Crippen molar-refractivity contribution in [1.29, 1.82) is 0 Å². The van der Waals surface area contributed by atoms with Crippen molar-refractivity contribution in [1.82, 2.24) is 9.78 Å². The Hall–Kier alpha value is -3.65. The predicted octanol–water partition coefficient (Wildman–Crippen LogP) is 4.04. The normalized spacial score (nSPS) is 11.5. The Morgan fingerprint density at radius 2 is 1.84 bits per heavy atom. The van der Waals surface area contributed by atoms with E-state index in [2.05, 4.69) is 15.7 Å². The van der Waals surface area contributed by atoms with Crippen LogP contribution in [-0.4, -0.2) is 28.7 Å². The zero-order valence-electron chi connectivity index (χ0n) is 18.1. The second-order valence-electron chi connectivity index (χ2n) is 7.23. The number of halogens is 1. The molecule has 0 fully saturated rings. The number of hydrogen-bond acceptors (Lipinski definition) is 5. The van der Waals surface area contributed by atoms with Crippen LogP contribution in [0.5, 0.6) is 5.75 Å². The summed E-state index contributed by atoms with van der Waals surface area (Å²) in [7, 11) is 1.50. The number of rotatable bonds is 6. The molecule has 0 aliphatic carbocycles. The van der Waals surface area contributed by atoms with Crippen molar-refractivity contribution in [3.05, 3.63) is 69.5 Å². The highest BCUT2D eigenvalue weighted by Crippen LogP contribution is 2.28. The number of nitrogens with one attached hydrogen (secondary N) is 2. The molecule has 0 saturated heterocycles. The number of aromatic nitrogens is 2. The molecule has 1 heterocycles. The molecule has 1 atom stereocenters. The van der Waals surface area contributed by atoms with Gasteiger partial charge < -0.3 is 15.4 Å². The maximum Gasteiger partial charge on any atom is 0.267 e. The van der Waals surface area contributed by atoms with Gasteiger partial charge in [0.05, 0.1) is 17.8 Å². The summed E-state index contributed by atoms with van der Waals surface area (Å²) in [6, 6.07) is 12.4. The molecule has 0 aliphatic rings. The third-order valence-corrected chi connectivity index (χ3v) is 5.13. The van der Waals surface area contributed by atoms with Crippen LogP contribution in [0.15, 0.2) is 53.3 Å². The number of amides is 2. The van der Waals surface area contributed by atoms with Crippen LogP contribution in [0.3, 0.4) is 0 Å². The summed E-state index contributed by atoms with van der Waals surface area (Å²) in [5, 5.41) is 10.2. The van der Waals surface area contributed by atoms with Crippen molar-refractivity contribution in [2.75, 3.05) is 17.7 Å². The monoisotopic (exact) mass is 454 g/mol. The lowest BCUT2D eigenvalue weighted by Gasteiger charge is -2.16. The molecule has 0 bridgehead atoms. The fourth-order valence-corrected chi connectivity index (χ4v) is 3.32. The first-order valence-corrected chi connectivity index (χ1v) is 10.2. The van der Waals surface area contributed by atoms with Crippen LogP contribution in [0.4, 0.5) is 11.4 Å². The van der Waals surface area contributed by atoms with E-state index in [-0.39, 0.29) is 5.91 Å². The number of carbonyl (C=O) groups excluding carboxylic acids is 2. The summed E-state index contributed by atoms with van der Waals surface area (Å²) in [5.74, 6) is -0.132. The topological polar surface area (TPSA) is 102 Å². The summed E-state index contributed by atoms with van der Waals surface area (Å²) < 4.78 is 6.23. The van der Waals surface area contributed by atoms with Crippen molar-refractivity contribution in [3.8, 4) is 17.0 Å². The molecule has 2 N–H and O–H groups in total. The van der Waals surface area contributed by atoms with Gasteiger partial charge >= 0.3 is 0 Å². The van der Waals surface area contributed by atoms with Gasteiger partial charge in [-0.3, -0.25) is 14.4 Å². The lowest BCUT2D eigenvalue weighted by Crippen LogP contribution is -2.33. The molecular formula is C23H23ClN4O4. The summed E-state index contributed by atoms with van der Waals surface area (Å²) in [6.45, 7) is 4.89. The number of benzene rings is 2. The van der Waals surface area contributed by atoms with Gasteiger partial charge in [-0.2, -0.15) is 5.10 Å².